The SMILES string of the molecule is CN(CCN)CC(F)F.Cl. The molecule has 0 aromatic rings. The molecule has 10 heavy (non-hydrogen) atoms. The lowest BCUT2D eigenvalue weighted by atomic mass is 10.5. The maximum absolute atomic E-state index is 11.5. The van der Waals surface area contributed by atoms with Crippen molar-refractivity contribution in [2.75, 3.05) is 26.7 Å². The third-order valence-electron chi connectivity index (χ3n) is 0.961. The van der Waals surface area contributed by atoms with Crippen molar-refractivity contribution in [3.05, 3.63) is 0 Å². The first-order valence-electron chi connectivity index (χ1n) is 2.83. The monoisotopic (exact) mass is 174 g/mol. The van der Waals surface area contributed by atoms with Crippen molar-refractivity contribution in [1.82, 2.24) is 4.90 Å². The van der Waals surface area contributed by atoms with Crippen LogP contribution in [0.15, 0.2) is 0 Å². The van der Waals surface area contributed by atoms with Crippen molar-refractivity contribution in [3.8, 4) is 0 Å². The minimum atomic E-state index is -2.25. The largest absolute Gasteiger partial charge is 0.329 e. The van der Waals surface area contributed by atoms with Gasteiger partial charge in [0.2, 0.25) is 0 Å². The second kappa shape index (κ2) is 7.18. The second-order valence-electron chi connectivity index (χ2n) is 1.94. The molecule has 0 spiro atoms. The van der Waals surface area contributed by atoms with Crippen LogP contribution in [0.3, 0.4) is 0 Å². The molecule has 0 saturated carbocycles. The van der Waals surface area contributed by atoms with Crippen LogP contribution in [0, 0.1) is 0 Å². The standard InChI is InChI=1S/C5H12F2N2.ClH/c1-9(3-2-8)4-5(6)7;/h5H,2-4,8H2,1H3;1H. The fourth-order valence-corrected chi connectivity index (χ4v) is 0.547. The van der Waals surface area contributed by atoms with Gasteiger partial charge in [0, 0.05) is 13.1 Å². The zero-order valence-electron chi connectivity index (χ0n) is 5.89. The number of hydrogen-bond acceptors (Lipinski definition) is 2. The molecule has 0 aliphatic heterocycles. The van der Waals surface area contributed by atoms with Crippen LogP contribution in [0.4, 0.5) is 8.78 Å². The first kappa shape index (κ1) is 12.7. The molecule has 5 heteroatoms. The molecular formula is C5H13ClF2N2. The topological polar surface area (TPSA) is 29.3 Å². The smallest absolute Gasteiger partial charge is 0.251 e. The molecule has 0 saturated heterocycles. The van der Waals surface area contributed by atoms with E-state index in [4.69, 9.17) is 5.73 Å². The molecule has 0 heterocycles. The molecule has 0 rings (SSSR count). The van der Waals surface area contributed by atoms with Gasteiger partial charge in [-0.3, -0.25) is 4.90 Å². The minimum Gasteiger partial charge on any atom is -0.329 e. The Kier molecular flexibility index (Phi) is 9.13. The zero-order chi connectivity index (χ0) is 7.28. The first-order valence-corrected chi connectivity index (χ1v) is 2.83. The molecule has 0 bridgehead atoms. The van der Waals surface area contributed by atoms with Crippen molar-refractivity contribution in [2.45, 2.75) is 6.43 Å². The third kappa shape index (κ3) is 8.07. The van der Waals surface area contributed by atoms with Crippen LogP contribution in [0.5, 0.6) is 0 Å². The second-order valence-corrected chi connectivity index (χ2v) is 1.94. The molecule has 64 valence electrons. The summed E-state index contributed by atoms with van der Waals surface area (Å²) in [6, 6.07) is 0. The Labute approximate surface area is 65.8 Å². The maximum atomic E-state index is 11.5. The minimum absolute atomic E-state index is 0. The average molecular weight is 175 g/mol. The normalized spacial score (nSPS) is 10.2. The van der Waals surface area contributed by atoms with E-state index in [1.807, 2.05) is 0 Å². The zero-order valence-corrected chi connectivity index (χ0v) is 6.70. The lowest BCUT2D eigenvalue weighted by Gasteiger charge is -2.13. The fraction of sp³-hybridized carbons (Fsp3) is 1.00. The van der Waals surface area contributed by atoms with Gasteiger partial charge in [0.15, 0.2) is 0 Å². The van der Waals surface area contributed by atoms with E-state index in [-0.39, 0.29) is 19.0 Å². The van der Waals surface area contributed by atoms with Crippen LogP contribution in [-0.2, 0) is 0 Å². The third-order valence-corrected chi connectivity index (χ3v) is 0.961. The summed E-state index contributed by atoms with van der Waals surface area (Å²) in [5.41, 5.74) is 5.12. The lowest BCUT2D eigenvalue weighted by molar-refractivity contribution is 0.102. The molecule has 0 aromatic carbocycles. The van der Waals surface area contributed by atoms with Gasteiger partial charge in [-0.1, -0.05) is 0 Å². The Balaban J connectivity index is 0. The molecule has 0 fully saturated rings. The highest BCUT2D eigenvalue weighted by molar-refractivity contribution is 5.85. The summed E-state index contributed by atoms with van der Waals surface area (Å²) in [4.78, 5) is 1.50. The van der Waals surface area contributed by atoms with Crippen molar-refractivity contribution < 1.29 is 8.78 Å². The summed E-state index contributed by atoms with van der Waals surface area (Å²) in [6.07, 6.45) is -2.25. The van der Waals surface area contributed by atoms with E-state index in [9.17, 15) is 8.78 Å². The van der Waals surface area contributed by atoms with Crippen LogP contribution in [0.25, 0.3) is 0 Å². The van der Waals surface area contributed by atoms with Gasteiger partial charge in [0.1, 0.15) is 0 Å². The highest BCUT2D eigenvalue weighted by atomic mass is 35.5. The van der Waals surface area contributed by atoms with Crippen LogP contribution < -0.4 is 5.73 Å². The van der Waals surface area contributed by atoms with E-state index in [2.05, 4.69) is 0 Å². The van der Waals surface area contributed by atoms with Crippen molar-refractivity contribution >= 4 is 12.4 Å². The van der Waals surface area contributed by atoms with Crippen molar-refractivity contribution in [2.24, 2.45) is 5.73 Å². The predicted molar refractivity (Wildman–Crippen MR) is 39.8 cm³/mol. The quantitative estimate of drug-likeness (QED) is 0.675. The van der Waals surface area contributed by atoms with E-state index < -0.39 is 6.43 Å². The predicted octanol–water partition coefficient (Wildman–Crippen LogP) is 0.564. The maximum Gasteiger partial charge on any atom is 0.251 e. The highest BCUT2D eigenvalue weighted by Crippen LogP contribution is 1.93. The number of hydrogen-bond donors (Lipinski definition) is 1. The van der Waals surface area contributed by atoms with Gasteiger partial charge in [-0.2, -0.15) is 0 Å². The summed E-state index contributed by atoms with van der Waals surface area (Å²) in [5, 5.41) is 0. The molecule has 0 unspecified atom stereocenters. The van der Waals surface area contributed by atoms with Crippen LogP contribution in [0.1, 0.15) is 0 Å². The van der Waals surface area contributed by atoms with E-state index >= 15 is 0 Å². The summed E-state index contributed by atoms with van der Waals surface area (Å²) in [5.74, 6) is 0. The van der Waals surface area contributed by atoms with Crippen LogP contribution >= 0.6 is 12.4 Å². The number of halogens is 3. The Hall–Kier alpha value is 0.0700. The van der Waals surface area contributed by atoms with Gasteiger partial charge in [0.25, 0.3) is 6.43 Å². The summed E-state index contributed by atoms with van der Waals surface area (Å²) in [7, 11) is 1.62. The molecule has 0 aliphatic carbocycles. The van der Waals surface area contributed by atoms with Crippen LogP contribution in [0.2, 0.25) is 0 Å². The average Bonchev–Trinajstić information content (AvgIpc) is 1.63. The Bertz CT molecular complexity index is 72.7. The highest BCUT2D eigenvalue weighted by Gasteiger charge is 2.05. The number of nitrogens with two attached hydrogens (primary N) is 1. The number of alkyl halides is 2. The number of nitrogens with zero attached hydrogens (tertiary/aromatic N) is 1. The van der Waals surface area contributed by atoms with Gasteiger partial charge in [-0.25, -0.2) is 8.78 Å². The molecule has 2 N–H and O–H groups in total. The van der Waals surface area contributed by atoms with E-state index in [0.717, 1.165) is 0 Å². The summed E-state index contributed by atoms with van der Waals surface area (Å²) >= 11 is 0. The molecular weight excluding hydrogens is 162 g/mol. The first-order chi connectivity index (χ1) is 4.16. The Morgan fingerprint density at radius 3 is 2.30 bits per heavy atom. The van der Waals surface area contributed by atoms with Crippen molar-refractivity contribution in [1.29, 1.82) is 0 Å². The van der Waals surface area contributed by atoms with Crippen LogP contribution in [-0.4, -0.2) is 38.0 Å². The van der Waals surface area contributed by atoms with Gasteiger partial charge in [-0.05, 0) is 7.05 Å². The summed E-state index contributed by atoms with van der Waals surface area (Å²) in [6.45, 7) is 0.783. The lowest BCUT2D eigenvalue weighted by Crippen LogP contribution is -2.29. The molecule has 0 radical (unpaired) electrons. The van der Waals surface area contributed by atoms with E-state index in [0.29, 0.717) is 13.1 Å². The molecule has 0 aliphatic rings. The molecule has 2 nitrogen and oxygen atoms in total. The van der Waals surface area contributed by atoms with Gasteiger partial charge < -0.3 is 5.73 Å². The Morgan fingerprint density at radius 2 is 2.00 bits per heavy atom. The molecule has 0 atom stereocenters. The van der Waals surface area contributed by atoms with E-state index in [1.54, 1.807) is 7.05 Å². The fourth-order valence-electron chi connectivity index (χ4n) is 0.547. The Morgan fingerprint density at radius 1 is 1.50 bits per heavy atom. The van der Waals surface area contributed by atoms with Crippen molar-refractivity contribution in [3.63, 3.8) is 0 Å². The summed E-state index contributed by atoms with van der Waals surface area (Å²) < 4.78 is 23.1. The van der Waals surface area contributed by atoms with Gasteiger partial charge in [-0.15, -0.1) is 12.4 Å². The van der Waals surface area contributed by atoms with E-state index in [1.165, 1.54) is 4.90 Å². The van der Waals surface area contributed by atoms with Gasteiger partial charge >= 0.3 is 0 Å². The number of likely N-dealkylation sites (N-methyl/N-ethyl adjacent to an activating group) is 1. The van der Waals surface area contributed by atoms with Gasteiger partial charge in [0.05, 0.1) is 6.54 Å². The molecule has 0 amide bonds. The molecule has 0 aromatic heterocycles. The number of rotatable bonds is 4.